The normalized spacial score (nSPS) is 20.7. The van der Waals surface area contributed by atoms with Crippen molar-refractivity contribution in [1.82, 2.24) is 15.1 Å². The van der Waals surface area contributed by atoms with Gasteiger partial charge in [-0.1, -0.05) is 45.6 Å². The van der Waals surface area contributed by atoms with E-state index in [-0.39, 0.29) is 29.7 Å². The van der Waals surface area contributed by atoms with E-state index in [0.717, 1.165) is 32.1 Å². The number of carbonyl (C=O) groups is 3. The maximum atomic E-state index is 13.4. The summed E-state index contributed by atoms with van der Waals surface area (Å²) in [5.41, 5.74) is 0.942. The Kier molecular flexibility index (Phi) is 8.91. The van der Waals surface area contributed by atoms with Crippen molar-refractivity contribution >= 4 is 23.5 Å². The van der Waals surface area contributed by atoms with E-state index in [1.165, 1.54) is 6.42 Å². The van der Waals surface area contributed by atoms with Crippen LogP contribution in [0.4, 0.5) is 10.5 Å². The minimum atomic E-state index is -0.669. The van der Waals surface area contributed by atoms with E-state index in [1.807, 2.05) is 31.7 Å². The number of hydrogen-bond donors (Lipinski definition) is 2. The molecule has 1 aliphatic heterocycles. The molecule has 1 saturated carbocycles. The molecule has 1 saturated heterocycles. The van der Waals surface area contributed by atoms with Crippen LogP contribution in [0.1, 0.15) is 64.9 Å². The fraction of sp³-hybridized carbons (Fsp3) is 0.615. The molecule has 1 aromatic rings. The smallest absolute Gasteiger partial charge is 0.319 e. The molecule has 0 spiro atoms. The van der Waals surface area contributed by atoms with Gasteiger partial charge in [-0.3, -0.25) is 9.59 Å². The van der Waals surface area contributed by atoms with Crippen molar-refractivity contribution in [3.05, 3.63) is 29.8 Å². The van der Waals surface area contributed by atoms with Crippen molar-refractivity contribution in [3.63, 3.8) is 0 Å². The first kappa shape index (κ1) is 25.5. The van der Waals surface area contributed by atoms with Crippen LogP contribution in [0.5, 0.6) is 0 Å². The lowest BCUT2D eigenvalue weighted by atomic mass is 9.87. The Hall–Kier alpha value is -3.08. The number of amides is 4. The second-order valence-corrected chi connectivity index (χ2v) is 9.65. The fourth-order valence-corrected chi connectivity index (χ4v) is 4.92. The summed E-state index contributed by atoms with van der Waals surface area (Å²) in [5.74, 6) is 0.180. The summed E-state index contributed by atoms with van der Waals surface area (Å²) >= 11 is 0. The van der Waals surface area contributed by atoms with Crippen LogP contribution in [-0.2, 0) is 9.59 Å². The van der Waals surface area contributed by atoms with Crippen LogP contribution in [0.15, 0.2) is 24.3 Å². The van der Waals surface area contributed by atoms with Gasteiger partial charge in [0.25, 0.3) is 0 Å². The number of nitriles is 1. The molecule has 0 bridgehead atoms. The predicted molar refractivity (Wildman–Crippen MR) is 131 cm³/mol. The van der Waals surface area contributed by atoms with Crippen molar-refractivity contribution in [2.45, 2.75) is 71.4 Å². The molecule has 3 rings (SSSR count). The van der Waals surface area contributed by atoms with Gasteiger partial charge >= 0.3 is 6.03 Å². The summed E-state index contributed by atoms with van der Waals surface area (Å²) in [7, 11) is 0. The van der Waals surface area contributed by atoms with Gasteiger partial charge in [0.2, 0.25) is 11.8 Å². The number of nitrogens with one attached hydrogen (secondary N) is 2. The molecule has 0 radical (unpaired) electrons. The Bertz CT molecular complexity index is 921. The SMILES string of the molecule is CCC(C)C(NC(=O)Nc1cccc(C#N)c1)C(=O)N1CCN(C(=O)C2CCCCC2)C(C)C1. The van der Waals surface area contributed by atoms with Gasteiger partial charge in [-0.15, -0.1) is 0 Å². The Labute approximate surface area is 202 Å². The maximum absolute atomic E-state index is 13.4. The van der Waals surface area contributed by atoms with E-state index in [1.54, 1.807) is 29.2 Å². The van der Waals surface area contributed by atoms with E-state index < -0.39 is 12.1 Å². The van der Waals surface area contributed by atoms with E-state index in [0.29, 0.717) is 30.9 Å². The zero-order valence-corrected chi connectivity index (χ0v) is 20.5. The zero-order valence-electron chi connectivity index (χ0n) is 20.5. The van der Waals surface area contributed by atoms with Gasteiger partial charge in [-0.2, -0.15) is 5.26 Å². The first-order chi connectivity index (χ1) is 16.3. The van der Waals surface area contributed by atoms with Crippen LogP contribution in [0.2, 0.25) is 0 Å². The molecule has 1 aromatic carbocycles. The highest BCUT2D eigenvalue weighted by Gasteiger charge is 2.37. The quantitative estimate of drug-likeness (QED) is 0.665. The lowest BCUT2D eigenvalue weighted by molar-refractivity contribution is -0.147. The minimum absolute atomic E-state index is 0.0488. The van der Waals surface area contributed by atoms with E-state index in [4.69, 9.17) is 5.26 Å². The van der Waals surface area contributed by atoms with Gasteiger partial charge in [0.15, 0.2) is 0 Å². The van der Waals surface area contributed by atoms with E-state index in [2.05, 4.69) is 10.6 Å². The summed E-state index contributed by atoms with van der Waals surface area (Å²) < 4.78 is 0. The van der Waals surface area contributed by atoms with Crippen LogP contribution < -0.4 is 10.6 Å². The third-order valence-electron chi connectivity index (χ3n) is 7.19. The average Bonchev–Trinajstić information content (AvgIpc) is 2.86. The first-order valence-corrected chi connectivity index (χ1v) is 12.5. The molecule has 3 unspecified atom stereocenters. The highest BCUT2D eigenvalue weighted by Crippen LogP contribution is 2.27. The summed E-state index contributed by atoms with van der Waals surface area (Å²) in [6.07, 6.45) is 6.12. The molecular formula is C26H37N5O3. The second kappa shape index (κ2) is 11.9. The number of anilines is 1. The fourth-order valence-electron chi connectivity index (χ4n) is 4.92. The summed E-state index contributed by atoms with van der Waals surface area (Å²) in [6.45, 7) is 7.42. The zero-order chi connectivity index (χ0) is 24.7. The summed E-state index contributed by atoms with van der Waals surface area (Å²) in [6, 6.07) is 7.49. The van der Waals surface area contributed by atoms with Crippen LogP contribution >= 0.6 is 0 Å². The molecule has 1 aliphatic carbocycles. The number of carbonyl (C=O) groups excluding carboxylic acids is 3. The van der Waals surface area contributed by atoms with Crippen molar-refractivity contribution < 1.29 is 14.4 Å². The van der Waals surface area contributed by atoms with Crippen LogP contribution in [0.3, 0.4) is 0 Å². The molecule has 8 heteroatoms. The monoisotopic (exact) mass is 467 g/mol. The van der Waals surface area contributed by atoms with Crippen LogP contribution in [0.25, 0.3) is 0 Å². The molecule has 4 amide bonds. The summed E-state index contributed by atoms with van der Waals surface area (Å²) in [4.78, 5) is 42.9. The van der Waals surface area contributed by atoms with Gasteiger partial charge in [0, 0.05) is 37.3 Å². The van der Waals surface area contributed by atoms with Gasteiger partial charge in [-0.05, 0) is 43.9 Å². The largest absolute Gasteiger partial charge is 0.337 e. The van der Waals surface area contributed by atoms with Crippen molar-refractivity contribution in [2.24, 2.45) is 11.8 Å². The molecule has 8 nitrogen and oxygen atoms in total. The standard InChI is InChI=1S/C26H37N5O3/c1-4-18(2)23(29-26(34)28-22-12-8-9-20(15-22)16-27)25(33)30-13-14-31(19(3)17-30)24(32)21-10-6-5-7-11-21/h8-9,12,15,18-19,21,23H,4-7,10-11,13-14,17H2,1-3H3,(H2,28,29,34). The third-order valence-corrected chi connectivity index (χ3v) is 7.19. The molecule has 2 aliphatic rings. The highest BCUT2D eigenvalue weighted by atomic mass is 16.2. The molecule has 184 valence electrons. The Morgan fingerprint density at radius 3 is 2.56 bits per heavy atom. The lowest BCUT2D eigenvalue weighted by Crippen LogP contribution is -2.61. The molecule has 2 fully saturated rings. The van der Waals surface area contributed by atoms with Gasteiger partial charge in [0.05, 0.1) is 11.6 Å². The highest BCUT2D eigenvalue weighted by molar-refractivity contribution is 5.94. The van der Waals surface area contributed by atoms with Crippen LogP contribution in [-0.4, -0.2) is 59.4 Å². The van der Waals surface area contributed by atoms with Crippen LogP contribution in [0, 0.1) is 23.2 Å². The topological polar surface area (TPSA) is 106 Å². The van der Waals surface area contributed by atoms with Gasteiger partial charge in [0.1, 0.15) is 6.04 Å². The van der Waals surface area contributed by atoms with Gasteiger partial charge in [-0.25, -0.2) is 4.79 Å². The molecule has 1 heterocycles. The number of hydrogen-bond acceptors (Lipinski definition) is 4. The van der Waals surface area contributed by atoms with E-state index in [9.17, 15) is 14.4 Å². The molecule has 3 atom stereocenters. The molecule has 2 N–H and O–H groups in total. The molecular weight excluding hydrogens is 430 g/mol. The van der Waals surface area contributed by atoms with Crippen molar-refractivity contribution in [3.8, 4) is 6.07 Å². The van der Waals surface area contributed by atoms with E-state index >= 15 is 0 Å². The number of benzene rings is 1. The number of urea groups is 1. The predicted octanol–water partition coefficient (Wildman–Crippen LogP) is 3.73. The summed E-state index contributed by atoms with van der Waals surface area (Å²) in [5, 5.41) is 14.6. The first-order valence-electron chi connectivity index (χ1n) is 12.5. The Balaban J connectivity index is 1.62. The molecule has 0 aromatic heterocycles. The minimum Gasteiger partial charge on any atom is -0.337 e. The van der Waals surface area contributed by atoms with Crippen molar-refractivity contribution in [1.29, 1.82) is 5.26 Å². The third kappa shape index (κ3) is 6.28. The Morgan fingerprint density at radius 1 is 1.18 bits per heavy atom. The molecule has 34 heavy (non-hydrogen) atoms. The number of rotatable bonds is 6. The second-order valence-electron chi connectivity index (χ2n) is 9.65. The Morgan fingerprint density at radius 2 is 1.91 bits per heavy atom. The maximum Gasteiger partial charge on any atom is 0.319 e. The number of piperazine rings is 1. The lowest BCUT2D eigenvalue weighted by Gasteiger charge is -2.43. The van der Waals surface area contributed by atoms with Gasteiger partial charge < -0.3 is 20.4 Å². The van der Waals surface area contributed by atoms with Crippen molar-refractivity contribution in [2.75, 3.05) is 25.0 Å². The number of nitrogens with zero attached hydrogens (tertiary/aromatic N) is 3. The average molecular weight is 468 g/mol.